The summed E-state index contributed by atoms with van der Waals surface area (Å²) in [4.78, 5) is 20.4. The van der Waals surface area contributed by atoms with Gasteiger partial charge >= 0.3 is 11.9 Å². The second-order valence-electron chi connectivity index (χ2n) is 3.94. The molecule has 0 aliphatic heterocycles. The van der Waals surface area contributed by atoms with Crippen molar-refractivity contribution in [1.82, 2.24) is 0 Å². The molecule has 0 aliphatic carbocycles. The summed E-state index contributed by atoms with van der Waals surface area (Å²) in [5.41, 5.74) is 0. The predicted octanol–water partition coefficient (Wildman–Crippen LogP) is 1.80. The number of unbranched alkanes of at least 4 members (excludes halogenated alkanes) is 2. The van der Waals surface area contributed by atoms with Gasteiger partial charge in [0, 0.05) is 6.42 Å². The van der Waals surface area contributed by atoms with Crippen molar-refractivity contribution < 1.29 is 24.9 Å². The summed E-state index contributed by atoms with van der Waals surface area (Å²) in [6, 6.07) is 0. The van der Waals surface area contributed by atoms with Gasteiger partial charge in [-0.25, -0.2) is 0 Å². The van der Waals surface area contributed by atoms with E-state index in [1.165, 1.54) is 0 Å². The van der Waals surface area contributed by atoms with Crippen molar-refractivity contribution in [3.8, 4) is 0 Å². The lowest BCUT2D eigenvalue weighted by atomic mass is 10.1. The first-order valence-electron chi connectivity index (χ1n) is 5.79. The first-order valence-corrected chi connectivity index (χ1v) is 5.79. The molecule has 5 nitrogen and oxygen atoms in total. The Morgan fingerprint density at radius 1 is 1.00 bits per heavy atom. The highest BCUT2D eigenvalue weighted by atomic mass is 16.4. The van der Waals surface area contributed by atoms with Crippen LogP contribution in [0.4, 0.5) is 0 Å². The number of aliphatic hydroxyl groups excluding tert-OH is 1. The van der Waals surface area contributed by atoms with Crippen molar-refractivity contribution >= 4 is 11.9 Å². The van der Waals surface area contributed by atoms with Crippen molar-refractivity contribution in [2.45, 2.75) is 51.0 Å². The van der Waals surface area contributed by atoms with Crippen LogP contribution in [0, 0.1) is 0 Å². The Kier molecular flexibility index (Phi) is 9.05. The van der Waals surface area contributed by atoms with Crippen LogP contribution in [-0.2, 0) is 9.59 Å². The van der Waals surface area contributed by atoms with E-state index in [0.717, 1.165) is 19.3 Å². The highest BCUT2D eigenvalue weighted by molar-refractivity contribution is 5.67. The maximum atomic E-state index is 10.2. The molecule has 98 valence electrons. The van der Waals surface area contributed by atoms with E-state index in [4.69, 9.17) is 10.2 Å². The number of allylic oxidation sites excluding steroid dienone is 2. The molecule has 1 unspecified atom stereocenters. The highest BCUT2D eigenvalue weighted by Gasteiger charge is 2.07. The van der Waals surface area contributed by atoms with Gasteiger partial charge in [0.2, 0.25) is 0 Å². The fourth-order valence-corrected chi connectivity index (χ4v) is 1.38. The molecular weight excluding hydrogens is 224 g/mol. The van der Waals surface area contributed by atoms with Crippen LogP contribution < -0.4 is 0 Å². The van der Waals surface area contributed by atoms with Crippen molar-refractivity contribution in [1.29, 1.82) is 0 Å². The number of aliphatic carboxylic acids is 2. The Balaban J connectivity index is 3.35. The van der Waals surface area contributed by atoms with Gasteiger partial charge < -0.3 is 15.3 Å². The molecule has 0 aromatic heterocycles. The Labute approximate surface area is 101 Å². The van der Waals surface area contributed by atoms with Crippen LogP contribution in [0.25, 0.3) is 0 Å². The second-order valence-corrected chi connectivity index (χ2v) is 3.94. The lowest BCUT2D eigenvalue weighted by molar-refractivity contribution is -0.139. The summed E-state index contributed by atoms with van der Waals surface area (Å²) in [5.74, 6) is -1.77. The van der Waals surface area contributed by atoms with E-state index in [1.54, 1.807) is 0 Å². The van der Waals surface area contributed by atoms with Crippen molar-refractivity contribution in [2.24, 2.45) is 0 Å². The van der Waals surface area contributed by atoms with Crippen LogP contribution >= 0.6 is 0 Å². The average molecular weight is 244 g/mol. The van der Waals surface area contributed by atoms with E-state index in [0.29, 0.717) is 12.8 Å². The molecule has 0 aromatic rings. The summed E-state index contributed by atoms with van der Waals surface area (Å²) >= 11 is 0. The SMILES string of the molecule is O=C(O)CCC/C=C/CCCC(O)CC(=O)O. The van der Waals surface area contributed by atoms with Crippen LogP contribution in [0.15, 0.2) is 12.2 Å². The van der Waals surface area contributed by atoms with Gasteiger partial charge in [0.05, 0.1) is 12.5 Å². The number of rotatable bonds is 10. The quantitative estimate of drug-likeness (QED) is 0.402. The zero-order valence-corrected chi connectivity index (χ0v) is 9.84. The van der Waals surface area contributed by atoms with Gasteiger partial charge in [0.15, 0.2) is 0 Å². The third-order valence-corrected chi connectivity index (χ3v) is 2.25. The summed E-state index contributed by atoms with van der Waals surface area (Å²) < 4.78 is 0. The first-order chi connectivity index (χ1) is 8.02. The lowest BCUT2D eigenvalue weighted by Gasteiger charge is -2.05. The van der Waals surface area contributed by atoms with Gasteiger partial charge in [-0.05, 0) is 32.1 Å². The molecule has 1 atom stereocenters. The van der Waals surface area contributed by atoms with Gasteiger partial charge in [0.25, 0.3) is 0 Å². The van der Waals surface area contributed by atoms with Gasteiger partial charge in [0.1, 0.15) is 0 Å². The number of carbonyl (C=O) groups is 2. The van der Waals surface area contributed by atoms with Crippen molar-refractivity contribution in [2.75, 3.05) is 0 Å². The summed E-state index contributed by atoms with van der Waals surface area (Å²) in [5, 5.41) is 26.0. The standard InChI is InChI=1S/C12H20O5/c13-10(9-12(16)17)7-5-3-1-2-4-6-8-11(14)15/h1-2,10,13H,3-9H2,(H,14,15)(H,16,17)/b2-1+. The van der Waals surface area contributed by atoms with Crippen LogP contribution in [0.5, 0.6) is 0 Å². The Bertz CT molecular complexity index is 260. The van der Waals surface area contributed by atoms with Crippen LogP contribution in [0.1, 0.15) is 44.9 Å². The number of hydrogen-bond acceptors (Lipinski definition) is 3. The van der Waals surface area contributed by atoms with Crippen LogP contribution in [0.3, 0.4) is 0 Å². The zero-order chi connectivity index (χ0) is 13.1. The Hall–Kier alpha value is -1.36. The lowest BCUT2D eigenvalue weighted by Crippen LogP contribution is -2.12. The summed E-state index contributed by atoms with van der Waals surface area (Å²) in [6.07, 6.45) is 6.44. The minimum atomic E-state index is -0.985. The van der Waals surface area contributed by atoms with Crippen molar-refractivity contribution in [3.05, 3.63) is 12.2 Å². The fraction of sp³-hybridized carbons (Fsp3) is 0.667. The third-order valence-electron chi connectivity index (χ3n) is 2.25. The molecule has 0 fully saturated rings. The molecule has 0 aromatic carbocycles. The maximum Gasteiger partial charge on any atom is 0.305 e. The van der Waals surface area contributed by atoms with E-state index in [9.17, 15) is 14.7 Å². The molecular formula is C12H20O5. The largest absolute Gasteiger partial charge is 0.481 e. The van der Waals surface area contributed by atoms with Gasteiger partial charge in [-0.2, -0.15) is 0 Å². The van der Waals surface area contributed by atoms with Crippen LogP contribution in [0.2, 0.25) is 0 Å². The molecule has 0 saturated heterocycles. The van der Waals surface area contributed by atoms with Gasteiger partial charge in [-0.1, -0.05) is 12.2 Å². The maximum absolute atomic E-state index is 10.2. The topological polar surface area (TPSA) is 94.8 Å². The number of aliphatic hydroxyl groups is 1. The molecule has 17 heavy (non-hydrogen) atoms. The minimum absolute atomic E-state index is 0.182. The molecule has 0 rings (SSSR count). The van der Waals surface area contributed by atoms with E-state index in [2.05, 4.69) is 0 Å². The normalized spacial score (nSPS) is 12.8. The van der Waals surface area contributed by atoms with E-state index in [-0.39, 0.29) is 12.8 Å². The van der Waals surface area contributed by atoms with E-state index in [1.807, 2.05) is 12.2 Å². The number of hydrogen-bond donors (Lipinski definition) is 3. The van der Waals surface area contributed by atoms with Crippen molar-refractivity contribution in [3.63, 3.8) is 0 Å². The third kappa shape index (κ3) is 12.6. The smallest absolute Gasteiger partial charge is 0.305 e. The molecule has 3 N–H and O–H groups in total. The molecule has 0 bridgehead atoms. The molecule has 0 spiro atoms. The number of carboxylic acids is 2. The van der Waals surface area contributed by atoms with Gasteiger partial charge in [-0.15, -0.1) is 0 Å². The minimum Gasteiger partial charge on any atom is -0.481 e. The monoisotopic (exact) mass is 244 g/mol. The fourth-order valence-electron chi connectivity index (χ4n) is 1.38. The Morgan fingerprint density at radius 2 is 1.59 bits per heavy atom. The van der Waals surface area contributed by atoms with E-state index < -0.39 is 18.0 Å². The van der Waals surface area contributed by atoms with E-state index >= 15 is 0 Å². The van der Waals surface area contributed by atoms with Gasteiger partial charge in [-0.3, -0.25) is 9.59 Å². The molecule has 5 heteroatoms. The predicted molar refractivity (Wildman–Crippen MR) is 62.7 cm³/mol. The molecule has 0 amide bonds. The summed E-state index contributed by atoms with van der Waals surface area (Å²) in [7, 11) is 0. The highest BCUT2D eigenvalue weighted by Crippen LogP contribution is 2.06. The van der Waals surface area contributed by atoms with Crippen LogP contribution in [-0.4, -0.2) is 33.4 Å². The summed E-state index contributed by atoms with van der Waals surface area (Å²) in [6.45, 7) is 0. The molecule has 0 aliphatic rings. The molecule has 0 radical (unpaired) electrons. The Morgan fingerprint density at radius 3 is 2.12 bits per heavy atom. The molecule has 0 saturated carbocycles. The average Bonchev–Trinajstić information content (AvgIpc) is 2.20. The zero-order valence-electron chi connectivity index (χ0n) is 9.84. The second kappa shape index (κ2) is 9.84. The number of carboxylic acid groups (broad SMARTS) is 2. The first kappa shape index (κ1) is 15.6. The molecule has 0 heterocycles.